The molecule has 234 valence electrons. The molecule has 0 unspecified atom stereocenters. The zero-order chi connectivity index (χ0) is 32.6. The minimum atomic E-state index is -4.69. The summed E-state index contributed by atoms with van der Waals surface area (Å²) in [6, 6.07) is 17.5. The average Bonchev–Trinajstić information content (AvgIpc) is 3.03. The molecular formula is C33H28ClF3N2O6. The summed E-state index contributed by atoms with van der Waals surface area (Å²) in [5, 5.41) is 0.293. The highest BCUT2D eigenvalue weighted by atomic mass is 35.5. The minimum absolute atomic E-state index is 0.00978. The summed E-state index contributed by atoms with van der Waals surface area (Å²) in [5.74, 6) is -5.44. The number of hydrogen-bond acceptors (Lipinski definition) is 8. The molecule has 0 amide bonds. The molecule has 3 aromatic carbocycles. The second-order valence-corrected chi connectivity index (χ2v) is 10.9. The molecule has 1 heterocycles. The number of esters is 2. The van der Waals surface area contributed by atoms with Gasteiger partial charge in [0.05, 0.1) is 38.4 Å². The zero-order valence-corrected chi connectivity index (χ0v) is 25.1. The highest BCUT2D eigenvalue weighted by Crippen LogP contribution is 2.52. The van der Waals surface area contributed by atoms with Gasteiger partial charge in [0.1, 0.15) is 17.5 Å². The fourth-order valence-electron chi connectivity index (χ4n) is 6.04. The predicted molar refractivity (Wildman–Crippen MR) is 159 cm³/mol. The van der Waals surface area contributed by atoms with Crippen LogP contribution in [0.3, 0.4) is 0 Å². The molecule has 0 bridgehead atoms. The molecule has 3 atom stereocenters. The quantitative estimate of drug-likeness (QED) is 0.254. The molecule has 45 heavy (non-hydrogen) atoms. The van der Waals surface area contributed by atoms with Gasteiger partial charge < -0.3 is 19.9 Å². The lowest BCUT2D eigenvalue weighted by atomic mass is 9.67. The Morgan fingerprint density at radius 3 is 2.22 bits per heavy atom. The lowest BCUT2D eigenvalue weighted by Gasteiger charge is -2.44. The predicted octanol–water partition coefficient (Wildman–Crippen LogP) is 6.11. The van der Waals surface area contributed by atoms with Gasteiger partial charge in [0, 0.05) is 27.9 Å². The topological polar surface area (TPSA) is 108 Å². The van der Waals surface area contributed by atoms with Crippen LogP contribution in [0.4, 0.5) is 18.9 Å². The van der Waals surface area contributed by atoms with Gasteiger partial charge in [0.2, 0.25) is 0 Å². The second-order valence-electron chi connectivity index (χ2n) is 10.5. The first-order valence-electron chi connectivity index (χ1n) is 13.7. The van der Waals surface area contributed by atoms with Gasteiger partial charge in [-0.1, -0.05) is 41.9 Å². The molecule has 0 fully saturated rings. The number of allylic oxidation sites excluding steroid dienone is 2. The third kappa shape index (κ3) is 5.75. The summed E-state index contributed by atoms with van der Waals surface area (Å²) >= 11 is 6.32. The van der Waals surface area contributed by atoms with E-state index in [1.165, 1.54) is 24.1 Å². The number of anilines is 1. The first kappa shape index (κ1) is 31.6. The van der Waals surface area contributed by atoms with Crippen LogP contribution in [-0.2, 0) is 30.0 Å². The van der Waals surface area contributed by atoms with E-state index < -0.39 is 47.2 Å². The lowest BCUT2D eigenvalue weighted by molar-refractivity contribution is -0.150. The summed E-state index contributed by atoms with van der Waals surface area (Å²) in [4.78, 5) is 42.7. The van der Waals surface area contributed by atoms with Crippen LogP contribution >= 0.6 is 11.6 Å². The van der Waals surface area contributed by atoms with Crippen LogP contribution in [-0.4, -0.2) is 39.1 Å². The molecule has 0 aromatic heterocycles. The molecule has 2 N–H and O–H groups in total. The van der Waals surface area contributed by atoms with Crippen molar-refractivity contribution in [3.63, 3.8) is 0 Å². The number of rotatable bonds is 6. The summed E-state index contributed by atoms with van der Waals surface area (Å²) < 4.78 is 57.0. The number of halogens is 4. The molecular weight excluding hydrogens is 613 g/mol. The van der Waals surface area contributed by atoms with Gasteiger partial charge in [-0.05, 0) is 60.0 Å². The number of benzene rings is 3. The van der Waals surface area contributed by atoms with Crippen molar-refractivity contribution in [2.45, 2.75) is 24.4 Å². The Labute approximate surface area is 261 Å². The lowest BCUT2D eigenvalue weighted by Crippen LogP contribution is -2.46. The van der Waals surface area contributed by atoms with Crippen molar-refractivity contribution in [2.75, 3.05) is 26.2 Å². The van der Waals surface area contributed by atoms with E-state index in [0.29, 0.717) is 21.9 Å². The number of alkyl halides is 3. The number of ether oxygens (including phenoxy) is 3. The van der Waals surface area contributed by atoms with E-state index >= 15 is 0 Å². The third-order valence-electron chi connectivity index (χ3n) is 8.06. The van der Waals surface area contributed by atoms with Crippen molar-refractivity contribution in [2.24, 2.45) is 11.7 Å². The molecule has 2 aliphatic rings. The normalized spacial score (nSPS) is 20.1. The molecule has 1 aliphatic carbocycles. The number of carbonyl (C=O) groups excluding carboxylic acids is 3. The maximum absolute atomic E-state index is 14.7. The van der Waals surface area contributed by atoms with Crippen LogP contribution in [0.15, 0.2) is 95.5 Å². The minimum Gasteiger partial charge on any atom is -0.497 e. The summed E-state index contributed by atoms with van der Waals surface area (Å²) in [5.41, 5.74) is 6.66. The van der Waals surface area contributed by atoms with Crippen molar-refractivity contribution in [1.82, 2.24) is 0 Å². The van der Waals surface area contributed by atoms with Gasteiger partial charge in [-0.15, -0.1) is 0 Å². The maximum Gasteiger partial charge on any atom is 0.416 e. The third-order valence-corrected chi connectivity index (χ3v) is 8.29. The van der Waals surface area contributed by atoms with Crippen LogP contribution < -0.4 is 15.4 Å². The average molecular weight is 641 g/mol. The van der Waals surface area contributed by atoms with Gasteiger partial charge >= 0.3 is 18.1 Å². The number of hydrogen-bond donors (Lipinski definition) is 1. The van der Waals surface area contributed by atoms with E-state index in [-0.39, 0.29) is 34.8 Å². The zero-order valence-electron chi connectivity index (χ0n) is 24.4. The maximum atomic E-state index is 14.7. The standard InChI is InChI=1S/C33H28ClF3N2O6/c1-43-22-12-10-17(11-13-22)23-16-24-27(29(40)26(23)31(41)44-2)25(18-6-4-8-20(34)14-18)28(32(42)45-3)30(38)39(24)21-9-5-7-19(15-21)33(35,36)37/h4-15,23,25-26H,16,38H2,1-3H3/t23-,25+,26+/m0/s1. The van der Waals surface area contributed by atoms with Gasteiger partial charge in [0.15, 0.2) is 5.78 Å². The second kappa shape index (κ2) is 12.3. The van der Waals surface area contributed by atoms with Crippen molar-refractivity contribution < 1.29 is 41.8 Å². The van der Waals surface area contributed by atoms with Gasteiger partial charge in [-0.25, -0.2) is 4.79 Å². The van der Waals surface area contributed by atoms with Crippen LogP contribution in [0.25, 0.3) is 0 Å². The highest BCUT2D eigenvalue weighted by Gasteiger charge is 2.51. The summed E-state index contributed by atoms with van der Waals surface area (Å²) in [6.45, 7) is 0. The smallest absolute Gasteiger partial charge is 0.416 e. The van der Waals surface area contributed by atoms with Gasteiger partial charge in [-0.2, -0.15) is 13.2 Å². The molecule has 5 rings (SSSR count). The Hall–Kier alpha value is -4.77. The van der Waals surface area contributed by atoms with E-state index in [1.54, 1.807) is 48.5 Å². The van der Waals surface area contributed by atoms with Gasteiger partial charge in [0.25, 0.3) is 0 Å². The van der Waals surface area contributed by atoms with Crippen LogP contribution in [0.5, 0.6) is 5.75 Å². The van der Waals surface area contributed by atoms with Crippen molar-refractivity contribution in [3.8, 4) is 5.75 Å². The number of nitrogens with two attached hydrogens (primary N) is 1. The van der Waals surface area contributed by atoms with E-state index in [4.69, 9.17) is 31.5 Å². The Balaban J connectivity index is 1.84. The van der Waals surface area contributed by atoms with E-state index in [1.807, 2.05) is 0 Å². The van der Waals surface area contributed by atoms with Crippen molar-refractivity contribution >= 4 is 35.0 Å². The molecule has 0 spiro atoms. The molecule has 1 aliphatic heterocycles. The number of carbonyl (C=O) groups is 3. The van der Waals surface area contributed by atoms with Crippen LogP contribution in [0.2, 0.25) is 5.02 Å². The molecule has 8 nitrogen and oxygen atoms in total. The summed E-state index contributed by atoms with van der Waals surface area (Å²) in [6.07, 6.45) is -4.73. The number of Topliss-reactive ketones (excluding diaryl/α,β-unsaturated/α-hetero) is 1. The fraction of sp³-hybridized carbons (Fsp3) is 0.242. The van der Waals surface area contributed by atoms with Crippen LogP contribution in [0.1, 0.15) is 34.9 Å². The molecule has 12 heteroatoms. The number of methoxy groups -OCH3 is 3. The van der Waals surface area contributed by atoms with Gasteiger partial charge in [-0.3, -0.25) is 14.5 Å². The van der Waals surface area contributed by atoms with Crippen LogP contribution in [0, 0.1) is 5.92 Å². The molecule has 0 saturated carbocycles. The van der Waals surface area contributed by atoms with Crippen molar-refractivity contribution in [1.29, 1.82) is 0 Å². The Bertz CT molecular complexity index is 1730. The Morgan fingerprint density at radius 2 is 1.62 bits per heavy atom. The SMILES string of the molecule is COC(=O)C1=C(N)N(c2cccc(C(F)(F)F)c2)C2=C(C(=O)[C@H](C(=O)OC)[C@H](c3ccc(OC)cc3)C2)[C@H]1c1cccc(Cl)c1. The molecule has 0 saturated heterocycles. The fourth-order valence-corrected chi connectivity index (χ4v) is 6.23. The number of nitrogens with zero attached hydrogens (tertiary/aromatic N) is 1. The highest BCUT2D eigenvalue weighted by molar-refractivity contribution is 6.30. The van der Waals surface area contributed by atoms with Crippen molar-refractivity contribution in [3.05, 3.63) is 117 Å². The largest absolute Gasteiger partial charge is 0.497 e. The molecule has 3 aromatic rings. The first-order chi connectivity index (χ1) is 21.4. The first-order valence-corrected chi connectivity index (χ1v) is 14.1. The van der Waals surface area contributed by atoms with E-state index in [9.17, 15) is 27.6 Å². The summed E-state index contributed by atoms with van der Waals surface area (Å²) in [7, 11) is 3.77. The Kier molecular flexibility index (Phi) is 8.66. The number of ketones is 1. The molecule has 0 radical (unpaired) electrons. The Morgan fingerprint density at radius 1 is 0.933 bits per heavy atom. The monoisotopic (exact) mass is 640 g/mol. The van der Waals surface area contributed by atoms with E-state index in [2.05, 4.69) is 0 Å². The van der Waals surface area contributed by atoms with E-state index in [0.717, 1.165) is 26.4 Å².